The molecule has 0 aliphatic carbocycles. The summed E-state index contributed by atoms with van der Waals surface area (Å²) in [6, 6.07) is 1.74. The molecule has 2 atom stereocenters. The molecule has 0 rings (SSSR count). The Balaban J connectivity index is -0.000000719. The van der Waals surface area contributed by atoms with Crippen molar-refractivity contribution in [3.8, 4) is 0 Å². The second kappa shape index (κ2) is 34.2. The summed E-state index contributed by atoms with van der Waals surface area (Å²) in [4.78, 5) is 0. The number of hydrogen-bond donors (Lipinski definition) is 0. The Morgan fingerprint density at radius 2 is 0.596 bits per heavy atom. The Hall–Kier alpha value is -0.210. The molecule has 288 valence electrons. The molecule has 0 aromatic rings. The largest absolute Gasteiger partial charge is 0.759 e. The van der Waals surface area contributed by atoms with Gasteiger partial charge in [-0.1, -0.05) is 156 Å². The van der Waals surface area contributed by atoms with E-state index in [0.717, 1.165) is 12.1 Å². The van der Waals surface area contributed by atoms with Gasteiger partial charge in [-0.05, 0) is 52.4 Å². The van der Waals surface area contributed by atoms with Crippen LogP contribution in [0.1, 0.15) is 208 Å². The zero-order chi connectivity index (χ0) is 36.5. The first kappa shape index (κ1) is 51.2. The summed E-state index contributed by atoms with van der Waals surface area (Å²) in [5.74, 6) is 0. The smallest absolute Gasteiger partial charge is 0.0883 e. The second-order valence-electron chi connectivity index (χ2n) is 15.4. The fraction of sp³-hybridized carbons (Fsp3) is 1.00. The predicted octanol–water partition coefficient (Wildman–Crippen LogP) is 11.8. The van der Waals surface area contributed by atoms with Crippen LogP contribution in [0.15, 0.2) is 0 Å². The average Bonchev–Trinajstić information content (AvgIpc) is 3.01. The molecule has 0 radical (unpaired) electrons. The van der Waals surface area contributed by atoms with Crippen LogP contribution in [0.5, 0.6) is 0 Å². The first-order chi connectivity index (χ1) is 22.2. The van der Waals surface area contributed by atoms with Crippen molar-refractivity contribution in [3.63, 3.8) is 0 Å². The third-order valence-electron chi connectivity index (χ3n) is 10.8. The minimum atomic E-state index is -5.17. The molecule has 0 heterocycles. The Labute approximate surface area is 298 Å². The standard InChI is InChI=1S/2C20H44N.H2O4S/c2*1-6-9-10-11-12-13-14-15-16-17-18-19-20(7-2)21(4,5)8-3;1-5(2,3)4/h2*20H,6-19H2,1-5H3;(H2,1,2,3,4)/q2*+1;/p-2. The van der Waals surface area contributed by atoms with Gasteiger partial charge in [-0.25, -0.2) is 0 Å². The molecular weight excluding hydrogens is 605 g/mol. The summed E-state index contributed by atoms with van der Waals surface area (Å²) in [5, 5.41) is 0. The molecule has 7 heteroatoms. The number of rotatable bonds is 30. The van der Waals surface area contributed by atoms with Crippen LogP contribution in [0.25, 0.3) is 0 Å². The fourth-order valence-electron chi connectivity index (χ4n) is 6.70. The second-order valence-corrected chi connectivity index (χ2v) is 16.2. The Kier molecular flexibility index (Phi) is 37.3. The van der Waals surface area contributed by atoms with Crippen LogP contribution in [0, 0.1) is 0 Å². The van der Waals surface area contributed by atoms with Crippen molar-refractivity contribution in [2.45, 2.75) is 221 Å². The van der Waals surface area contributed by atoms with Gasteiger partial charge < -0.3 is 18.1 Å². The molecule has 0 aliphatic rings. The Morgan fingerprint density at radius 3 is 0.766 bits per heavy atom. The summed E-state index contributed by atoms with van der Waals surface area (Å²) >= 11 is 0. The normalized spacial score (nSPS) is 13.4. The fourth-order valence-corrected chi connectivity index (χ4v) is 6.70. The van der Waals surface area contributed by atoms with Crippen LogP contribution in [-0.2, 0) is 10.4 Å². The molecule has 47 heavy (non-hydrogen) atoms. The highest BCUT2D eigenvalue weighted by molar-refractivity contribution is 7.79. The van der Waals surface area contributed by atoms with E-state index in [9.17, 15) is 0 Å². The molecule has 0 saturated heterocycles. The number of hydrogen-bond acceptors (Lipinski definition) is 4. The van der Waals surface area contributed by atoms with E-state index in [-0.39, 0.29) is 0 Å². The summed E-state index contributed by atoms with van der Waals surface area (Å²) in [6.45, 7) is 16.5. The van der Waals surface area contributed by atoms with Crippen LogP contribution in [0.3, 0.4) is 0 Å². The topological polar surface area (TPSA) is 80.3 Å². The highest BCUT2D eigenvalue weighted by Crippen LogP contribution is 2.20. The minimum Gasteiger partial charge on any atom is -0.759 e. The molecule has 0 N–H and O–H groups in total. The van der Waals surface area contributed by atoms with Gasteiger partial charge in [-0.3, -0.25) is 8.42 Å². The number of nitrogens with zero attached hydrogens (tertiary/aromatic N) is 2. The van der Waals surface area contributed by atoms with E-state index in [4.69, 9.17) is 17.5 Å². The SMILES string of the molecule is CCCCCCCCCCCCCC(CC)[N+](C)(C)CC.CCCCCCCCCCCCCC(CC)[N+](C)(C)CC.O=S(=O)([O-])[O-]. The minimum absolute atomic E-state index is 0.869. The van der Waals surface area contributed by atoms with Crippen molar-refractivity contribution in [1.82, 2.24) is 0 Å². The molecule has 2 unspecified atom stereocenters. The van der Waals surface area contributed by atoms with Crippen LogP contribution in [0.4, 0.5) is 0 Å². The van der Waals surface area contributed by atoms with Crippen LogP contribution in [0.2, 0.25) is 0 Å². The van der Waals surface area contributed by atoms with Gasteiger partial charge >= 0.3 is 0 Å². The number of quaternary nitrogens is 2. The van der Waals surface area contributed by atoms with Crippen molar-refractivity contribution in [1.29, 1.82) is 0 Å². The highest BCUT2D eigenvalue weighted by Gasteiger charge is 2.24. The van der Waals surface area contributed by atoms with Gasteiger partial charge in [0.1, 0.15) is 0 Å². The van der Waals surface area contributed by atoms with Gasteiger partial charge in [0.2, 0.25) is 0 Å². The van der Waals surface area contributed by atoms with E-state index < -0.39 is 10.4 Å². The monoisotopic (exact) mass is 693 g/mol. The summed E-state index contributed by atoms with van der Waals surface area (Å²) < 4.78 is 36.5. The van der Waals surface area contributed by atoms with Gasteiger partial charge in [-0.2, -0.15) is 0 Å². The quantitative estimate of drug-likeness (QED) is 0.0325. The van der Waals surface area contributed by atoms with Crippen LogP contribution >= 0.6 is 0 Å². The molecule has 0 bridgehead atoms. The van der Waals surface area contributed by atoms with Gasteiger partial charge in [0, 0.05) is 10.4 Å². The van der Waals surface area contributed by atoms with E-state index in [1.807, 2.05) is 0 Å². The lowest BCUT2D eigenvalue weighted by Gasteiger charge is -2.37. The highest BCUT2D eigenvalue weighted by atomic mass is 32.3. The van der Waals surface area contributed by atoms with Gasteiger partial charge in [0.25, 0.3) is 0 Å². The molecule has 0 aromatic heterocycles. The third-order valence-corrected chi connectivity index (χ3v) is 10.8. The third kappa shape index (κ3) is 38.4. The van der Waals surface area contributed by atoms with Crippen LogP contribution in [-0.4, -0.2) is 79.9 Å². The lowest BCUT2D eigenvalue weighted by atomic mass is 10.0. The molecular formula is C40H88N2O4S. The first-order valence-corrected chi connectivity index (χ1v) is 21.8. The molecule has 0 spiro atoms. The van der Waals surface area contributed by atoms with Crippen molar-refractivity contribution in [2.24, 2.45) is 0 Å². The van der Waals surface area contributed by atoms with Crippen LogP contribution < -0.4 is 0 Å². The Bertz CT molecular complexity index is 674. The van der Waals surface area contributed by atoms with Crippen molar-refractivity contribution in [3.05, 3.63) is 0 Å². The van der Waals surface area contributed by atoms with E-state index in [0.29, 0.717) is 0 Å². The predicted molar refractivity (Wildman–Crippen MR) is 206 cm³/mol. The van der Waals surface area contributed by atoms with Gasteiger partial charge in [0.05, 0.1) is 53.4 Å². The maximum absolute atomic E-state index is 8.52. The summed E-state index contributed by atoms with van der Waals surface area (Å²) in [5.41, 5.74) is 0. The van der Waals surface area contributed by atoms with Gasteiger partial charge in [0.15, 0.2) is 0 Å². The van der Waals surface area contributed by atoms with Crippen molar-refractivity contribution in [2.75, 3.05) is 41.3 Å². The molecule has 0 aromatic carbocycles. The van der Waals surface area contributed by atoms with E-state index >= 15 is 0 Å². The van der Waals surface area contributed by atoms with E-state index in [1.54, 1.807) is 0 Å². The van der Waals surface area contributed by atoms with E-state index in [2.05, 4.69) is 69.7 Å². The maximum Gasteiger partial charge on any atom is 0.0883 e. The lowest BCUT2D eigenvalue weighted by Crippen LogP contribution is -2.48. The lowest BCUT2D eigenvalue weighted by molar-refractivity contribution is -0.914. The summed E-state index contributed by atoms with van der Waals surface area (Å²) in [7, 11) is 4.42. The Morgan fingerprint density at radius 1 is 0.404 bits per heavy atom. The van der Waals surface area contributed by atoms with Crippen molar-refractivity contribution < 1.29 is 26.5 Å². The molecule has 0 saturated carbocycles. The maximum atomic E-state index is 8.52. The zero-order valence-electron chi connectivity index (χ0n) is 33.9. The van der Waals surface area contributed by atoms with Crippen molar-refractivity contribution >= 4 is 10.4 Å². The van der Waals surface area contributed by atoms with E-state index in [1.165, 1.54) is 189 Å². The zero-order valence-corrected chi connectivity index (χ0v) is 34.7. The molecule has 0 fully saturated rings. The first-order valence-electron chi connectivity index (χ1n) is 20.5. The molecule has 0 aliphatic heterocycles. The molecule has 0 amide bonds. The summed E-state index contributed by atoms with van der Waals surface area (Å²) in [6.07, 6.45) is 37.5. The average molecular weight is 693 g/mol. The number of unbranched alkanes of at least 4 members (excludes halogenated alkanes) is 20. The molecule has 6 nitrogen and oxygen atoms in total. The van der Waals surface area contributed by atoms with Gasteiger partial charge in [-0.15, -0.1) is 0 Å².